The van der Waals surface area contributed by atoms with E-state index in [0.29, 0.717) is 17.9 Å². The molecule has 1 aliphatic heterocycles. The lowest BCUT2D eigenvalue weighted by molar-refractivity contribution is -0.126. The Kier molecular flexibility index (Phi) is 4.43. The Balaban J connectivity index is 1.86. The monoisotopic (exact) mass is 238 g/mol. The zero-order valence-electron chi connectivity index (χ0n) is 11.2. The number of carbonyl (C=O) groups excluding carboxylic acids is 1. The molecule has 2 fully saturated rings. The Morgan fingerprint density at radius 3 is 2.47 bits per heavy atom. The van der Waals surface area contributed by atoms with Gasteiger partial charge in [-0.05, 0) is 44.1 Å². The first kappa shape index (κ1) is 12.9. The molecule has 1 heterocycles. The fraction of sp³-hybridized carbons (Fsp3) is 0.929. The Morgan fingerprint density at radius 1 is 1.06 bits per heavy atom. The first-order chi connectivity index (χ1) is 8.18. The van der Waals surface area contributed by atoms with Gasteiger partial charge in [0.15, 0.2) is 0 Å². The van der Waals surface area contributed by atoms with E-state index in [0.717, 1.165) is 13.0 Å². The van der Waals surface area contributed by atoms with Gasteiger partial charge in [-0.25, -0.2) is 0 Å². The van der Waals surface area contributed by atoms with Gasteiger partial charge in [-0.3, -0.25) is 4.79 Å². The third kappa shape index (κ3) is 3.21. The third-order valence-corrected chi connectivity index (χ3v) is 4.49. The van der Waals surface area contributed by atoms with Crippen molar-refractivity contribution in [3.05, 3.63) is 0 Å². The van der Waals surface area contributed by atoms with Crippen molar-refractivity contribution in [3.8, 4) is 0 Å². The largest absolute Gasteiger partial charge is 0.352 e. The molecule has 1 aliphatic carbocycles. The zero-order valence-corrected chi connectivity index (χ0v) is 11.2. The van der Waals surface area contributed by atoms with Crippen LogP contribution in [0.4, 0.5) is 0 Å². The summed E-state index contributed by atoms with van der Waals surface area (Å²) in [5, 5.41) is 6.63. The Morgan fingerprint density at radius 2 is 1.76 bits per heavy atom. The van der Waals surface area contributed by atoms with Crippen molar-refractivity contribution in [1.29, 1.82) is 0 Å². The second-order valence-corrected chi connectivity index (χ2v) is 5.93. The lowest BCUT2D eigenvalue weighted by atomic mass is 9.85. The third-order valence-electron chi connectivity index (χ3n) is 4.49. The highest BCUT2D eigenvalue weighted by atomic mass is 16.2. The van der Waals surface area contributed by atoms with Crippen LogP contribution >= 0.6 is 0 Å². The van der Waals surface area contributed by atoms with E-state index in [2.05, 4.69) is 24.5 Å². The van der Waals surface area contributed by atoms with E-state index in [1.54, 1.807) is 0 Å². The van der Waals surface area contributed by atoms with Crippen molar-refractivity contribution >= 4 is 5.91 Å². The summed E-state index contributed by atoms with van der Waals surface area (Å²) in [6.45, 7) is 5.44. The zero-order chi connectivity index (χ0) is 12.3. The Labute approximate surface area is 105 Å². The van der Waals surface area contributed by atoms with Crippen LogP contribution in [0.25, 0.3) is 0 Å². The molecule has 4 unspecified atom stereocenters. The minimum atomic E-state index is 0.0397. The molecule has 0 aromatic carbocycles. The lowest BCUT2D eigenvalue weighted by Crippen LogP contribution is -2.54. The predicted octanol–water partition coefficient (Wildman–Crippen LogP) is 2.07. The second kappa shape index (κ2) is 5.85. The summed E-state index contributed by atoms with van der Waals surface area (Å²) in [6, 6.07) is 0.449. The van der Waals surface area contributed by atoms with Crippen molar-refractivity contribution < 1.29 is 4.79 Å². The Bertz CT molecular complexity index is 267. The number of rotatable bonds is 2. The molecule has 3 nitrogen and oxygen atoms in total. The molecule has 2 rings (SSSR count). The van der Waals surface area contributed by atoms with E-state index in [1.807, 2.05) is 0 Å². The summed E-state index contributed by atoms with van der Waals surface area (Å²) >= 11 is 0. The molecule has 1 amide bonds. The Hall–Kier alpha value is -0.570. The standard InChI is InChI=1S/C14H26N2O/c1-10-6-3-4-8-12(10)16-14(17)13-11(2)7-5-9-15-13/h10-13,15H,3-9H2,1-2H3,(H,16,17). The van der Waals surface area contributed by atoms with Gasteiger partial charge in [-0.15, -0.1) is 0 Å². The quantitative estimate of drug-likeness (QED) is 0.773. The molecule has 2 aliphatic rings. The van der Waals surface area contributed by atoms with Crippen LogP contribution in [-0.2, 0) is 4.79 Å². The highest BCUT2D eigenvalue weighted by Crippen LogP contribution is 2.24. The average molecular weight is 238 g/mol. The number of hydrogen-bond donors (Lipinski definition) is 2. The van der Waals surface area contributed by atoms with Gasteiger partial charge >= 0.3 is 0 Å². The molecule has 17 heavy (non-hydrogen) atoms. The van der Waals surface area contributed by atoms with Gasteiger partial charge in [0.05, 0.1) is 6.04 Å². The average Bonchev–Trinajstić information content (AvgIpc) is 2.32. The minimum Gasteiger partial charge on any atom is -0.352 e. The van der Waals surface area contributed by atoms with Gasteiger partial charge in [0.1, 0.15) is 0 Å². The first-order valence-electron chi connectivity index (χ1n) is 7.22. The summed E-state index contributed by atoms with van der Waals surface area (Å²) < 4.78 is 0. The predicted molar refractivity (Wildman–Crippen MR) is 69.8 cm³/mol. The first-order valence-corrected chi connectivity index (χ1v) is 7.22. The molecule has 0 aromatic rings. The number of nitrogens with one attached hydrogen (secondary N) is 2. The summed E-state index contributed by atoms with van der Waals surface area (Å²) in [6.07, 6.45) is 7.39. The van der Waals surface area contributed by atoms with E-state index >= 15 is 0 Å². The van der Waals surface area contributed by atoms with Crippen molar-refractivity contribution in [2.45, 2.75) is 64.5 Å². The molecule has 2 N–H and O–H groups in total. The SMILES string of the molecule is CC1CCCCC1NC(=O)C1NCCCC1C. The van der Waals surface area contributed by atoms with E-state index in [4.69, 9.17) is 0 Å². The highest BCUT2D eigenvalue weighted by Gasteiger charge is 2.30. The van der Waals surface area contributed by atoms with Crippen LogP contribution < -0.4 is 10.6 Å². The molecular formula is C14H26N2O. The molecule has 0 bridgehead atoms. The van der Waals surface area contributed by atoms with Crippen molar-refractivity contribution in [1.82, 2.24) is 10.6 Å². The number of piperidine rings is 1. The normalized spacial score (nSPS) is 38.7. The molecule has 4 atom stereocenters. The van der Waals surface area contributed by atoms with Crippen molar-refractivity contribution in [3.63, 3.8) is 0 Å². The second-order valence-electron chi connectivity index (χ2n) is 5.93. The molecule has 98 valence electrons. The molecule has 1 saturated carbocycles. The molecule has 0 spiro atoms. The van der Waals surface area contributed by atoms with Crippen LogP contribution in [0.15, 0.2) is 0 Å². The maximum absolute atomic E-state index is 12.2. The van der Waals surface area contributed by atoms with Gasteiger partial charge in [-0.2, -0.15) is 0 Å². The van der Waals surface area contributed by atoms with Crippen LogP contribution in [0.5, 0.6) is 0 Å². The fourth-order valence-corrected chi connectivity index (χ4v) is 3.20. The summed E-state index contributed by atoms with van der Waals surface area (Å²) in [5.41, 5.74) is 0. The highest BCUT2D eigenvalue weighted by molar-refractivity contribution is 5.82. The van der Waals surface area contributed by atoms with E-state index in [1.165, 1.54) is 32.1 Å². The smallest absolute Gasteiger partial charge is 0.237 e. The molecular weight excluding hydrogens is 212 g/mol. The van der Waals surface area contributed by atoms with Gasteiger partial charge < -0.3 is 10.6 Å². The molecule has 3 heteroatoms. The topological polar surface area (TPSA) is 41.1 Å². The number of amides is 1. The number of hydrogen-bond acceptors (Lipinski definition) is 2. The van der Waals surface area contributed by atoms with E-state index < -0.39 is 0 Å². The van der Waals surface area contributed by atoms with E-state index in [-0.39, 0.29) is 11.9 Å². The maximum Gasteiger partial charge on any atom is 0.237 e. The number of carbonyl (C=O) groups is 1. The fourth-order valence-electron chi connectivity index (χ4n) is 3.20. The van der Waals surface area contributed by atoms with Crippen LogP contribution in [0.3, 0.4) is 0 Å². The van der Waals surface area contributed by atoms with Crippen molar-refractivity contribution in [2.75, 3.05) is 6.54 Å². The van der Waals surface area contributed by atoms with Gasteiger partial charge in [0.2, 0.25) is 5.91 Å². The van der Waals surface area contributed by atoms with Crippen LogP contribution in [-0.4, -0.2) is 24.5 Å². The van der Waals surface area contributed by atoms with Crippen molar-refractivity contribution in [2.24, 2.45) is 11.8 Å². The molecule has 0 aromatic heterocycles. The van der Waals surface area contributed by atoms with E-state index in [9.17, 15) is 4.79 Å². The summed E-state index contributed by atoms with van der Waals surface area (Å²) in [7, 11) is 0. The van der Waals surface area contributed by atoms with Gasteiger partial charge in [-0.1, -0.05) is 26.7 Å². The van der Waals surface area contributed by atoms with Gasteiger partial charge in [0.25, 0.3) is 0 Å². The van der Waals surface area contributed by atoms with Gasteiger partial charge in [0, 0.05) is 6.04 Å². The van der Waals surface area contributed by atoms with Crippen LogP contribution in [0.1, 0.15) is 52.4 Å². The maximum atomic E-state index is 12.2. The molecule has 0 radical (unpaired) electrons. The minimum absolute atomic E-state index is 0.0397. The van der Waals surface area contributed by atoms with Crippen LogP contribution in [0.2, 0.25) is 0 Å². The molecule has 1 saturated heterocycles. The summed E-state index contributed by atoms with van der Waals surface area (Å²) in [4.78, 5) is 12.2. The summed E-state index contributed by atoms with van der Waals surface area (Å²) in [5.74, 6) is 1.35. The lowest BCUT2D eigenvalue weighted by Gasteiger charge is -2.34. The van der Waals surface area contributed by atoms with Crippen LogP contribution in [0, 0.1) is 11.8 Å².